The number of rotatable bonds is 1. The Bertz CT molecular complexity index is 175. The molecule has 0 spiro atoms. The molecule has 4 heteroatoms. The molecule has 0 atom stereocenters. The van der Waals surface area contributed by atoms with E-state index in [4.69, 9.17) is 17.5 Å². The monoisotopic (exact) mass is 205 g/mol. The highest BCUT2D eigenvalue weighted by atomic mass is 32.2. The predicted octanol–water partition coefficient (Wildman–Crippen LogP) is 3.06. The minimum Gasteiger partial charge on any atom is -0.197 e. The standard InChI is InChI=1S/C7H11NS3/c1-7(2,3)11-6(9)10-5-4-8/h5H2,1-3H3. The molecule has 0 N–H and O–H groups in total. The van der Waals surface area contributed by atoms with E-state index in [1.807, 2.05) is 6.07 Å². The van der Waals surface area contributed by atoms with Gasteiger partial charge in [0.15, 0.2) is 0 Å². The average molecular weight is 205 g/mol. The van der Waals surface area contributed by atoms with Gasteiger partial charge in [0.05, 0.1) is 11.8 Å². The molecular formula is C7H11NS3. The highest BCUT2D eigenvalue weighted by Crippen LogP contribution is 2.29. The summed E-state index contributed by atoms with van der Waals surface area (Å²) in [4.78, 5) is 0. The van der Waals surface area contributed by atoms with E-state index in [2.05, 4.69) is 20.8 Å². The Kier molecular flexibility index (Phi) is 5.15. The van der Waals surface area contributed by atoms with Gasteiger partial charge in [0.1, 0.15) is 3.53 Å². The predicted molar refractivity (Wildman–Crippen MR) is 58.0 cm³/mol. The normalized spacial score (nSPS) is 10.7. The summed E-state index contributed by atoms with van der Waals surface area (Å²) in [7, 11) is 0. The van der Waals surface area contributed by atoms with Crippen LogP contribution in [0.3, 0.4) is 0 Å². The van der Waals surface area contributed by atoms with E-state index in [0.717, 1.165) is 3.53 Å². The molecular weight excluding hydrogens is 194 g/mol. The van der Waals surface area contributed by atoms with Gasteiger partial charge in [-0.05, 0) is 0 Å². The highest BCUT2D eigenvalue weighted by Gasteiger charge is 2.13. The third kappa shape index (κ3) is 8.18. The number of hydrogen-bond acceptors (Lipinski definition) is 4. The quantitative estimate of drug-likeness (QED) is 0.614. The number of thiocarbonyl (C=S) groups is 1. The molecule has 0 aliphatic rings. The molecule has 0 aliphatic heterocycles. The Labute approximate surface area is 81.9 Å². The van der Waals surface area contributed by atoms with Crippen LogP contribution in [-0.4, -0.2) is 14.0 Å². The first kappa shape index (κ1) is 11.3. The van der Waals surface area contributed by atoms with Crippen molar-refractivity contribution in [2.45, 2.75) is 25.5 Å². The molecule has 0 saturated carbocycles. The van der Waals surface area contributed by atoms with Crippen molar-refractivity contribution < 1.29 is 0 Å². The molecule has 0 fully saturated rings. The van der Waals surface area contributed by atoms with Gasteiger partial charge in [-0.25, -0.2) is 0 Å². The zero-order chi connectivity index (χ0) is 8.91. The molecule has 0 rings (SSSR count). The summed E-state index contributed by atoms with van der Waals surface area (Å²) < 4.78 is 1.03. The molecule has 0 radical (unpaired) electrons. The summed E-state index contributed by atoms with van der Waals surface area (Å²) in [6, 6.07) is 2.05. The molecule has 0 heterocycles. The molecule has 0 aromatic rings. The molecule has 0 bridgehead atoms. The lowest BCUT2D eigenvalue weighted by atomic mass is 10.3. The smallest absolute Gasteiger partial charge is 0.105 e. The Morgan fingerprint density at radius 3 is 2.45 bits per heavy atom. The third-order valence-electron chi connectivity index (χ3n) is 0.644. The minimum absolute atomic E-state index is 0.166. The molecule has 0 saturated heterocycles. The molecule has 0 unspecified atom stereocenters. The van der Waals surface area contributed by atoms with E-state index >= 15 is 0 Å². The highest BCUT2D eigenvalue weighted by molar-refractivity contribution is 8.47. The number of nitriles is 1. The third-order valence-corrected chi connectivity index (χ3v) is 3.14. The van der Waals surface area contributed by atoms with Gasteiger partial charge in [0, 0.05) is 4.75 Å². The lowest BCUT2D eigenvalue weighted by molar-refractivity contribution is 0.809. The van der Waals surface area contributed by atoms with Crippen molar-refractivity contribution in [2.24, 2.45) is 0 Å². The molecule has 1 nitrogen and oxygen atoms in total. The fraction of sp³-hybridized carbons (Fsp3) is 0.714. The second kappa shape index (κ2) is 5.02. The van der Waals surface area contributed by atoms with Crippen LogP contribution in [0.5, 0.6) is 0 Å². The molecule has 62 valence electrons. The van der Waals surface area contributed by atoms with Crippen LogP contribution in [0.15, 0.2) is 0 Å². The van der Waals surface area contributed by atoms with Gasteiger partial charge in [0.25, 0.3) is 0 Å². The van der Waals surface area contributed by atoms with Crippen LogP contribution in [0.25, 0.3) is 0 Å². The lowest BCUT2D eigenvalue weighted by Gasteiger charge is -2.16. The van der Waals surface area contributed by atoms with Crippen molar-refractivity contribution in [1.82, 2.24) is 0 Å². The summed E-state index contributed by atoms with van der Waals surface area (Å²) in [6.07, 6.45) is 0. The molecule has 0 amide bonds. The first-order valence-electron chi connectivity index (χ1n) is 3.18. The SMILES string of the molecule is CC(C)(C)SC(=S)SCC#N. The van der Waals surface area contributed by atoms with Gasteiger partial charge in [-0.3, -0.25) is 0 Å². The fourth-order valence-electron chi connectivity index (χ4n) is 0.371. The zero-order valence-electron chi connectivity index (χ0n) is 6.88. The van der Waals surface area contributed by atoms with Crippen LogP contribution < -0.4 is 0 Å². The first-order chi connectivity index (χ1) is 4.95. The van der Waals surface area contributed by atoms with Crippen molar-refractivity contribution in [3.63, 3.8) is 0 Å². The molecule has 0 aromatic heterocycles. The van der Waals surface area contributed by atoms with Crippen molar-refractivity contribution in [2.75, 3.05) is 5.75 Å². The van der Waals surface area contributed by atoms with Gasteiger partial charge in [-0.15, -0.1) is 11.8 Å². The van der Waals surface area contributed by atoms with Gasteiger partial charge in [0.2, 0.25) is 0 Å². The summed E-state index contributed by atoms with van der Waals surface area (Å²) in [5.41, 5.74) is 0. The Morgan fingerprint density at radius 1 is 1.55 bits per heavy atom. The van der Waals surface area contributed by atoms with Crippen LogP contribution >= 0.6 is 35.7 Å². The van der Waals surface area contributed by atoms with Crippen molar-refractivity contribution >= 4 is 39.3 Å². The van der Waals surface area contributed by atoms with E-state index in [9.17, 15) is 0 Å². The van der Waals surface area contributed by atoms with Gasteiger partial charge >= 0.3 is 0 Å². The zero-order valence-corrected chi connectivity index (χ0v) is 9.33. The number of thioether (sulfide) groups is 2. The van der Waals surface area contributed by atoms with Gasteiger partial charge in [-0.2, -0.15) is 5.26 Å². The Balaban J connectivity index is 3.64. The maximum atomic E-state index is 8.27. The van der Waals surface area contributed by atoms with Crippen molar-refractivity contribution in [1.29, 1.82) is 5.26 Å². The van der Waals surface area contributed by atoms with E-state index in [1.54, 1.807) is 11.8 Å². The second-order valence-corrected chi connectivity index (χ2v) is 6.92. The fourth-order valence-corrected chi connectivity index (χ4v) is 3.14. The van der Waals surface area contributed by atoms with Gasteiger partial charge < -0.3 is 0 Å². The summed E-state index contributed by atoms with van der Waals surface area (Å²) >= 11 is 8.12. The second-order valence-electron chi connectivity index (χ2n) is 2.91. The number of nitrogens with zero attached hydrogens (tertiary/aromatic N) is 1. The van der Waals surface area contributed by atoms with E-state index in [-0.39, 0.29) is 4.75 Å². The Hall–Kier alpha value is 0.280. The molecule has 11 heavy (non-hydrogen) atoms. The number of hydrogen-bond donors (Lipinski definition) is 0. The largest absolute Gasteiger partial charge is 0.197 e. The van der Waals surface area contributed by atoms with Crippen LogP contribution in [0.1, 0.15) is 20.8 Å². The molecule has 0 aliphatic carbocycles. The van der Waals surface area contributed by atoms with Crippen LogP contribution in [0.4, 0.5) is 0 Å². The van der Waals surface area contributed by atoms with Gasteiger partial charge in [-0.1, -0.05) is 44.8 Å². The lowest BCUT2D eigenvalue weighted by Crippen LogP contribution is -2.09. The maximum absolute atomic E-state index is 8.27. The van der Waals surface area contributed by atoms with Crippen molar-refractivity contribution in [3.05, 3.63) is 0 Å². The minimum atomic E-state index is 0.166. The van der Waals surface area contributed by atoms with E-state index in [1.165, 1.54) is 11.8 Å². The first-order valence-corrected chi connectivity index (χ1v) is 5.39. The average Bonchev–Trinajstić information content (AvgIpc) is 1.79. The maximum Gasteiger partial charge on any atom is 0.105 e. The van der Waals surface area contributed by atoms with Crippen LogP contribution in [0, 0.1) is 11.3 Å². The van der Waals surface area contributed by atoms with E-state index in [0.29, 0.717) is 5.75 Å². The van der Waals surface area contributed by atoms with Crippen molar-refractivity contribution in [3.8, 4) is 6.07 Å². The molecule has 0 aromatic carbocycles. The summed E-state index contributed by atoms with van der Waals surface area (Å²) in [6.45, 7) is 6.32. The topological polar surface area (TPSA) is 23.8 Å². The summed E-state index contributed by atoms with van der Waals surface area (Å²) in [5.74, 6) is 0.460. The van der Waals surface area contributed by atoms with Crippen LogP contribution in [-0.2, 0) is 0 Å². The van der Waals surface area contributed by atoms with Crippen LogP contribution in [0.2, 0.25) is 0 Å². The Morgan fingerprint density at radius 2 is 2.09 bits per heavy atom. The summed E-state index contributed by atoms with van der Waals surface area (Å²) in [5, 5.41) is 8.27. The van der Waals surface area contributed by atoms with E-state index < -0.39 is 0 Å².